The molecule has 0 radical (unpaired) electrons. The van der Waals surface area contributed by atoms with Crippen molar-refractivity contribution in [1.82, 2.24) is 4.90 Å². The SMILES string of the molecule is CS(=O)(=O)c1cccc(NCCN2CCCC2)c1. The van der Waals surface area contributed by atoms with Crippen molar-refractivity contribution in [2.24, 2.45) is 0 Å². The van der Waals surface area contributed by atoms with Crippen LogP contribution < -0.4 is 5.32 Å². The second-order valence-corrected chi connectivity index (χ2v) is 6.79. The number of sulfone groups is 1. The number of anilines is 1. The number of benzene rings is 1. The molecule has 1 N–H and O–H groups in total. The van der Waals surface area contributed by atoms with Gasteiger partial charge in [-0.2, -0.15) is 0 Å². The highest BCUT2D eigenvalue weighted by molar-refractivity contribution is 7.90. The third-order valence-corrected chi connectivity index (χ3v) is 4.33. The van der Waals surface area contributed by atoms with Crippen LogP contribution in [-0.4, -0.2) is 45.8 Å². The van der Waals surface area contributed by atoms with Gasteiger partial charge in [-0.1, -0.05) is 6.07 Å². The molecule has 0 unspecified atom stereocenters. The Balaban J connectivity index is 1.89. The summed E-state index contributed by atoms with van der Waals surface area (Å²) in [5.41, 5.74) is 0.872. The minimum absolute atomic E-state index is 0.369. The first-order valence-corrected chi connectivity index (χ1v) is 8.21. The number of likely N-dealkylation sites (tertiary alicyclic amines) is 1. The van der Waals surface area contributed by atoms with E-state index in [4.69, 9.17) is 0 Å². The molecule has 0 atom stereocenters. The molecule has 100 valence electrons. The van der Waals surface area contributed by atoms with Crippen LogP contribution in [0, 0.1) is 0 Å². The monoisotopic (exact) mass is 268 g/mol. The van der Waals surface area contributed by atoms with E-state index >= 15 is 0 Å². The van der Waals surface area contributed by atoms with Gasteiger partial charge in [0.2, 0.25) is 0 Å². The summed E-state index contributed by atoms with van der Waals surface area (Å²) in [4.78, 5) is 2.79. The molecule has 2 rings (SSSR count). The summed E-state index contributed by atoms with van der Waals surface area (Å²) < 4.78 is 22.9. The predicted molar refractivity (Wildman–Crippen MR) is 73.7 cm³/mol. The van der Waals surface area contributed by atoms with Crippen LogP contribution >= 0.6 is 0 Å². The van der Waals surface area contributed by atoms with Crippen LogP contribution in [0.5, 0.6) is 0 Å². The maximum atomic E-state index is 11.4. The maximum absolute atomic E-state index is 11.4. The van der Waals surface area contributed by atoms with Gasteiger partial charge in [0.25, 0.3) is 0 Å². The fourth-order valence-electron chi connectivity index (χ4n) is 2.20. The molecule has 1 fully saturated rings. The molecule has 0 amide bonds. The first kappa shape index (κ1) is 13.4. The van der Waals surface area contributed by atoms with Crippen molar-refractivity contribution >= 4 is 15.5 Å². The van der Waals surface area contributed by atoms with E-state index in [9.17, 15) is 8.42 Å². The Bertz CT molecular complexity index is 493. The molecule has 0 spiro atoms. The zero-order valence-electron chi connectivity index (χ0n) is 10.7. The van der Waals surface area contributed by atoms with Gasteiger partial charge in [-0.3, -0.25) is 0 Å². The van der Waals surface area contributed by atoms with Crippen molar-refractivity contribution in [1.29, 1.82) is 0 Å². The van der Waals surface area contributed by atoms with E-state index < -0.39 is 9.84 Å². The molecule has 18 heavy (non-hydrogen) atoms. The van der Waals surface area contributed by atoms with Crippen LogP contribution in [0.3, 0.4) is 0 Å². The largest absolute Gasteiger partial charge is 0.384 e. The van der Waals surface area contributed by atoms with Gasteiger partial charge >= 0.3 is 0 Å². The molecule has 0 aromatic heterocycles. The van der Waals surface area contributed by atoms with Crippen molar-refractivity contribution < 1.29 is 8.42 Å². The quantitative estimate of drug-likeness (QED) is 0.881. The van der Waals surface area contributed by atoms with Gasteiger partial charge in [-0.25, -0.2) is 8.42 Å². The number of hydrogen-bond donors (Lipinski definition) is 1. The van der Waals surface area contributed by atoms with Gasteiger partial charge < -0.3 is 10.2 Å². The van der Waals surface area contributed by atoms with Crippen molar-refractivity contribution in [2.45, 2.75) is 17.7 Å². The molecular weight excluding hydrogens is 248 g/mol. The van der Waals surface area contributed by atoms with Gasteiger partial charge in [-0.15, -0.1) is 0 Å². The number of hydrogen-bond acceptors (Lipinski definition) is 4. The molecule has 0 aliphatic carbocycles. The van der Waals surface area contributed by atoms with E-state index in [1.165, 1.54) is 32.2 Å². The normalized spacial score (nSPS) is 16.9. The highest BCUT2D eigenvalue weighted by Gasteiger charge is 2.10. The lowest BCUT2D eigenvalue weighted by Gasteiger charge is -2.15. The smallest absolute Gasteiger partial charge is 0.175 e. The Labute approximate surface area is 109 Å². The average molecular weight is 268 g/mol. The Morgan fingerprint density at radius 3 is 2.67 bits per heavy atom. The Morgan fingerprint density at radius 2 is 2.00 bits per heavy atom. The molecule has 1 aromatic carbocycles. The minimum Gasteiger partial charge on any atom is -0.384 e. The number of nitrogens with zero attached hydrogens (tertiary/aromatic N) is 1. The van der Waals surface area contributed by atoms with Gasteiger partial charge in [0, 0.05) is 25.0 Å². The topological polar surface area (TPSA) is 49.4 Å². The first-order valence-electron chi connectivity index (χ1n) is 6.32. The lowest BCUT2D eigenvalue weighted by molar-refractivity contribution is 0.352. The molecule has 1 heterocycles. The van der Waals surface area contributed by atoms with E-state index in [1.807, 2.05) is 6.07 Å². The van der Waals surface area contributed by atoms with Gasteiger partial charge in [-0.05, 0) is 44.1 Å². The van der Waals surface area contributed by atoms with Crippen LogP contribution in [-0.2, 0) is 9.84 Å². The molecule has 1 saturated heterocycles. The lowest BCUT2D eigenvalue weighted by atomic mass is 10.3. The zero-order valence-corrected chi connectivity index (χ0v) is 11.5. The lowest BCUT2D eigenvalue weighted by Crippen LogP contribution is -2.25. The van der Waals surface area contributed by atoms with Gasteiger partial charge in [0.1, 0.15) is 0 Å². The zero-order chi connectivity index (χ0) is 13.0. The summed E-state index contributed by atoms with van der Waals surface area (Å²) in [7, 11) is -3.12. The first-order chi connectivity index (χ1) is 8.55. The third-order valence-electron chi connectivity index (χ3n) is 3.22. The molecule has 1 aromatic rings. The molecule has 4 nitrogen and oxygen atoms in total. The summed E-state index contributed by atoms with van der Waals surface area (Å²) in [5.74, 6) is 0. The Kier molecular flexibility index (Phi) is 4.24. The van der Waals surface area contributed by atoms with Gasteiger partial charge in [0.05, 0.1) is 4.90 Å². The fraction of sp³-hybridized carbons (Fsp3) is 0.538. The summed E-state index contributed by atoms with van der Waals surface area (Å²) in [6.45, 7) is 4.24. The van der Waals surface area contributed by atoms with Crippen molar-refractivity contribution in [3.63, 3.8) is 0 Å². The predicted octanol–water partition coefficient (Wildman–Crippen LogP) is 1.60. The minimum atomic E-state index is -3.12. The van der Waals surface area contributed by atoms with Crippen LogP contribution in [0.25, 0.3) is 0 Å². The Morgan fingerprint density at radius 1 is 1.28 bits per heavy atom. The highest BCUT2D eigenvalue weighted by atomic mass is 32.2. The van der Waals surface area contributed by atoms with E-state index in [2.05, 4.69) is 10.2 Å². The van der Waals surface area contributed by atoms with Crippen LogP contribution in [0.4, 0.5) is 5.69 Å². The van der Waals surface area contributed by atoms with E-state index in [0.29, 0.717) is 4.90 Å². The number of rotatable bonds is 5. The van der Waals surface area contributed by atoms with Crippen molar-refractivity contribution in [2.75, 3.05) is 37.8 Å². The highest BCUT2D eigenvalue weighted by Crippen LogP contribution is 2.15. The maximum Gasteiger partial charge on any atom is 0.175 e. The third kappa shape index (κ3) is 3.71. The second-order valence-electron chi connectivity index (χ2n) is 4.78. The molecule has 1 aliphatic heterocycles. The summed E-state index contributed by atoms with van der Waals surface area (Å²) in [5, 5.41) is 3.28. The summed E-state index contributed by atoms with van der Waals surface area (Å²) in [6, 6.07) is 6.99. The summed E-state index contributed by atoms with van der Waals surface area (Å²) >= 11 is 0. The molecular formula is C13H20N2O2S. The molecule has 0 saturated carbocycles. The standard InChI is InChI=1S/C13H20N2O2S/c1-18(16,17)13-6-4-5-12(11-13)14-7-10-15-8-2-3-9-15/h4-6,11,14H,2-3,7-10H2,1H3. The van der Waals surface area contributed by atoms with E-state index in [0.717, 1.165) is 18.8 Å². The molecule has 1 aliphatic rings. The number of nitrogens with one attached hydrogen (secondary N) is 1. The van der Waals surface area contributed by atoms with Crippen molar-refractivity contribution in [3.8, 4) is 0 Å². The summed E-state index contributed by atoms with van der Waals surface area (Å²) in [6.07, 6.45) is 3.82. The van der Waals surface area contributed by atoms with E-state index in [1.54, 1.807) is 18.2 Å². The Hall–Kier alpha value is -1.07. The van der Waals surface area contributed by atoms with Crippen LogP contribution in [0.15, 0.2) is 29.2 Å². The molecule has 0 bridgehead atoms. The second kappa shape index (κ2) is 5.71. The van der Waals surface area contributed by atoms with Crippen molar-refractivity contribution in [3.05, 3.63) is 24.3 Å². The molecule has 5 heteroatoms. The average Bonchev–Trinajstić information content (AvgIpc) is 2.81. The van der Waals surface area contributed by atoms with Gasteiger partial charge in [0.15, 0.2) is 9.84 Å². The van der Waals surface area contributed by atoms with Crippen LogP contribution in [0.1, 0.15) is 12.8 Å². The van der Waals surface area contributed by atoms with Crippen LogP contribution in [0.2, 0.25) is 0 Å². The fourth-order valence-corrected chi connectivity index (χ4v) is 2.87. The van der Waals surface area contributed by atoms with E-state index in [-0.39, 0.29) is 0 Å².